The number of hydrogen-bond donors (Lipinski definition) is 2. The van der Waals surface area contributed by atoms with Gasteiger partial charge in [-0.2, -0.15) is 0 Å². The Balaban J connectivity index is 1.48. The van der Waals surface area contributed by atoms with Gasteiger partial charge in [-0.3, -0.25) is 0 Å². The number of aromatic nitrogens is 3. The molecule has 0 aromatic carbocycles. The zero-order valence-electron chi connectivity index (χ0n) is 16.7. The van der Waals surface area contributed by atoms with Gasteiger partial charge in [0, 0.05) is 56.0 Å². The van der Waals surface area contributed by atoms with Crippen LogP contribution in [0.4, 0.5) is 20.3 Å². The molecule has 0 unspecified atom stereocenters. The average Bonchev–Trinajstić information content (AvgIpc) is 2.75. The molecule has 4 rings (SSSR count). The molecule has 1 saturated heterocycles. The second-order valence-corrected chi connectivity index (χ2v) is 8.60. The van der Waals surface area contributed by atoms with Crippen LogP contribution >= 0.6 is 11.6 Å². The van der Waals surface area contributed by atoms with Crippen LogP contribution in [0.2, 0.25) is 5.15 Å². The lowest BCUT2D eigenvalue weighted by Crippen LogP contribution is -2.39. The smallest absolute Gasteiger partial charge is 0.251 e. The summed E-state index contributed by atoms with van der Waals surface area (Å²) in [6, 6.07) is 5.74. The number of hydrogen-bond acceptors (Lipinski definition) is 6. The molecule has 2 aliphatic rings. The zero-order valence-corrected chi connectivity index (χ0v) is 17.5. The fourth-order valence-corrected chi connectivity index (χ4v) is 4.32. The van der Waals surface area contributed by atoms with Crippen LogP contribution in [-0.2, 0) is 0 Å². The van der Waals surface area contributed by atoms with E-state index in [2.05, 4.69) is 20.5 Å². The summed E-state index contributed by atoms with van der Waals surface area (Å²) < 4.78 is 26.8. The lowest BCUT2D eigenvalue weighted by atomic mass is 9.86. The van der Waals surface area contributed by atoms with E-state index >= 15 is 0 Å². The maximum Gasteiger partial charge on any atom is 0.251 e. The van der Waals surface area contributed by atoms with Gasteiger partial charge in [-0.05, 0) is 49.8 Å². The van der Waals surface area contributed by atoms with Gasteiger partial charge in [0.15, 0.2) is 5.82 Å². The maximum atomic E-state index is 13.4. The first-order chi connectivity index (χ1) is 14.4. The van der Waals surface area contributed by atoms with Crippen molar-refractivity contribution >= 4 is 23.1 Å². The number of nitrogens with zero attached hydrogens (tertiary/aromatic N) is 4. The number of aliphatic hydroxyl groups excluding tert-OH is 1. The third kappa shape index (κ3) is 4.98. The molecule has 2 fully saturated rings. The summed E-state index contributed by atoms with van der Waals surface area (Å²) in [5, 5.41) is 21.9. The van der Waals surface area contributed by atoms with E-state index in [0.29, 0.717) is 28.6 Å². The normalized spacial score (nSPS) is 23.9. The highest BCUT2D eigenvalue weighted by Crippen LogP contribution is 2.33. The van der Waals surface area contributed by atoms with Gasteiger partial charge in [0.25, 0.3) is 5.92 Å². The fourth-order valence-electron chi connectivity index (χ4n) is 4.16. The topological polar surface area (TPSA) is 74.2 Å². The standard InChI is InChI=1S/C21H26ClF2N5O/c22-19-11-18(26-15-3-1-14(13-30)2-4-15)16(12-25-19)17-5-6-20(28-27-17)29-9-7-21(23,24)8-10-29/h5-6,11-12,14-15,30H,1-4,7-10,13H2,(H,25,26). The van der Waals surface area contributed by atoms with Crippen LogP contribution in [0.25, 0.3) is 11.3 Å². The van der Waals surface area contributed by atoms with Crippen molar-refractivity contribution in [2.75, 3.05) is 29.9 Å². The number of alkyl halides is 2. The van der Waals surface area contributed by atoms with E-state index in [1.807, 2.05) is 17.0 Å². The molecule has 162 valence electrons. The quantitative estimate of drug-likeness (QED) is 0.676. The highest BCUT2D eigenvalue weighted by Gasteiger charge is 2.34. The molecular weight excluding hydrogens is 412 g/mol. The van der Waals surface area contributed by atoms with Crippen molar-refractivity contribution in [1.29, 1.82) is 0 Å². The van der Waals surface area contributed by atoms with Gasteiger partial charge >= 0.3 is 0 Å². The SMILES string of the molecule is OCC1CCC(Nc2cc(Cl)ncc2-c2ccc(N3CCC(F)(F)CC3)nn2)CC1. The monoisotopic (exact) mass is 437 g/mol. The summed E-state index contributed by atoms with van der Waals surface area (Å²) in [6.07, 6.45) is 5.30. The Kier molecular flexibility index (Phi) is 6.34. The number of aliphatic hydroxyl groups is 1. The minimum atomic E-state index is -2.59. The first-order valence-electron chi connectivity index (χ1n) is 10.4. The van der Waals surface area contributed by atoms with E-state index in [4.69, 9.17) is 11.6 Å². The molecule has 2 N–H and O–H groups in total. The average molecular weight is 438 g/mol. The van der Waals surface area contributed by atoms with E-state index in [1.165, 1.54) is 0 Å². The summed E-state index contributed by atoms with van der Waals surface area (Å²) in [5.41, 5.74) is 2.30. The van der Waals surface area contributed by atoms with E-state index < -0.39 is 5.92 Å². The molecule has 1 aliphatic heterocycles. The molecule has 2 aromatic heterocycles. The lowest BCUT2D eigenvalue weighted by Gasteiger charge is -2.32. The molecule has 6 nitrogen and oxygen atoms in total. The first kappa shape index (κ1) is 21.2. The van der Waals surface area contributed by atoms with E-state index in [0.717, 1.165) is 36.9 Å². The number of nitrogens with one attached hydrogen (secondary N) is 1. The predicted molar refractivity (Wildman–Crippen MR) is 113 cm³/mol. The van der Waals surface area contributed by atoms with Gasteiger partial charge in [0.05, 0.1) is 5.69 Å². The highest BCUT2D eigenvalue weighted by atomic mass is 35.5. The lowest BCUT2D eigenvalue weighted by molar-refractivity contribution is -0.0221. The van der Waals surface area contributed by atoms with Crippen molar-refractivity contribution in [3.63, 3.8) is 0 Å². The number of piperidine rings is 1. The summed E-state index contributed by atoms with van der Waals surface area (Å²) >= 11 is 6.13. The van der Waals surface area contributed by atoms with E-state index in [-0.39, 0.29) is 32.5 Å². The van der Waals surface area contributed by atoms with Gasteiger partial charge in [0.1, 0.15) is 5.15 Å². The van der Waals surface area contributed by atoms with Crippen LogP contribution in [-0.4, -0.2) is 51.9 Å². The van der Waals surface area contributed by atoms with Crippen LogP contribution in [0.15, 0.2) is 24.4 Å². The van der Waals surface area contributed by atoms with Crippen molar-refractivity contribution in [1.82, 2.24) is 15.2 Å². The Morgan fingerprint density at radius 3 is 2.50 bits per heavy atom. The minimum absolute atomic E-state index is 0.163. The van der Waals surface area contributed by atoms with Crippen molar-refractivity contribution in [3.8, 4) is 11.3 Å². The molecule has 1 aliphatic carbocycles. The van der Waals surface area contributed by atoms with E-state index in [9.17, 15) is 13.9 Å². The fraction of sp³-hybridized carbons (Fsp3) is 0.571. The van der Waals surface area contributed by atoms with Crippen LogP contribution in [0.5, 0.6) is 0 Å². The molecule has 0 atom stereocenters. The molecule has 3 heterocycles. The van der Waals surface area contributed by atoms with E-state index in [1.54, 1.807) is 12.3 Å². The van der Waals surface area contributed by atoms with Crippen LogP contribution in [0, 0.1) is 5.92 Å². The Hall–Kier alpha value is -2.06. The summed E-state index contributed by atoms with van der Waals surface area (Å²) in [4.78, 5) is 6.03. The Morgan fingerprint density at radius 1 is 1.13 bits per heavy atom. The Bertz CT molecular complexity index is 849. The molecular formula is C21H26ClF2N5O. The van der Waals surface area contributed by atoms with Gasteiger partial charge < -0.3 is 15.3 Å². The third-order valence-corrected chi connectivity index (χ3v) is 6.29. The number of pyridine rings is 1. The van der Waals surface area contributed by atoms with Gasteiger partial charge in [-0.25, -0.2) is 13.8 Å². The highest BCUT2D eigenvalue weighted by molar-refractivity contribution is 6.29. The van der Waals surface area contributed by atoms with Crippen molar-refractivity contribution in [2.24, 2.45) is 5.92 Å². The third-order valence-electron chi connectivity index (χ3n) is 6.08. The van der Waals surface area contributed by atoms with Crippen molar-refractivity contribution < 1.29 is 13.9 Å². The second kappa shape index (κ2) is 8.98. The predicted octanol–water partition coefficient (Wildman–Crippen LogP) is 4.39. The Morgan fingerprint density at radius 2 is 1.87 bits per heavy atom. The maximum absolute atomic E-state index is 13.4. The largest absolute Gasteiger partial charge is 0.396 e. The summed E-state index contributed by atoms with van der Waals surface area (Å²) in [6.45, 7) is 0.787. The van der Waals surface area contributed by atoms with Gasteiger partial charge in [-0.1, -0.05) is 11.6 Å². The first-order valence-corrected chi connectivity index (χ1v) is 10.8. The molecule has 0 amide bonds. The number of anilines is 2. The molecule has 9 heteroatoms. The van der Waals surface area contributed by atoms with Crippen LogP contribution in [0.1, 0.15) is 38.5 Å². The molecule has 0 radical (unpaired) electrons. The van der Waals surface area contributed by atoms with Crippen LogP contribution in [0.3, 0.4) is 0 Å². The van der Waals surface area contributed by atoms with Crippen molar-refractivity contribution in [2.45, 2.75) is 50.5 Å². The molecule has 30 heavy (non-hydrogen) atoms. The van der Waals surface area contributed by atoms with Gasteiger partial charge in [-0.15, -0.1) is 10.2 Å². The van der Waals surface area contributed by atoms with Crippen LogP contribution < -0.4 is 10.2 Å². The summed E-state index contributed by atoms with van der Waals surface area (Å²) in [7, 11) is 0. The number of halogens is 3. The Labute approximate surface area is 179 Å². The second-order valence-electron chi connectivity index (χ2n) is 8.22. The molecule has 0 bridgehead atoms. The summed E-state index contributed by atoms with van der Waals surface area (Å²) in [5.74, 6) is -1.60. The number of rotatable bonds is 5. The van der Waals surface area contributed by atoms with Gasteiger partial charge in [0.2, 0.25) is 0 Å². The minimum Gasteiger partial charge on any atom is -0.396 e. The zero-order chi connectivity index (χ0) is 21.1. The molecule has 2 aromatic rings. The molecule has 0 spiro atoms. The molecule has 1 saturated carbocycles. The van der Waals surface area contributed by atoms with Crippen molar-refractivity contribution in [3.05, 3.63) is 29.5 Å².